The van der Waals surface area contributed by atoms with Gasteiger partial charge in [-0.05, 0) is 31.4 Å². The number of non-ortho nitro benzene ring substituents is 1. The molecule has 7 heteroatoms. The van der Waals surface area contributed by atoms with Gasteiger partial charge in [-0.2, -0.15) is 0 Å². The third-order valence-electron chi connectivity index (χ3n) is 3.72. The largest absolute Gasteiger partial charge is 0.330 e. The smallest absolute Gasteiger partial charge is 0.271 e. The van der Waals surface area contributed by atoms with Crippen LogP contribution in [0.15, 0.2) is 18.2 Å². The summed E-state index contributed by atoms with van der Waals surface area (Å²) >= 11 is 5.96. The first-order chi connectivity index (χ1) is 9.52. The molecule has 1 amide bonds. The van der Waals surface area contributed by atoms with E-state index in [4.69, 9.17) is 17.3 Å². The molecule has 1 saturated carbocycles. The van der Waals surface area contributed by atoms with Gasteiger partial charge in [0.25, 0.3) is 5.69 Å². The number of benzene rings is 1. The van der Waals surface area contributed by atoms with E-state index >= 15 is 0 Å². The number of anilines is 1. The van der Waals surface area contributed by atoms with E-state index in [1.54, 1.807) is 0 Å². The Labute approximate surface area is 121 Å². The molecule has 2 rings (SSSR count). The van der Waals surface area contributed by atoms with E-state index in [0.29, 0.717) is 6.54 Å². The molecule has 1 aliphatic carbocycles. The van der Waals surface area contributed by atoms with Crippen molar-refractivity contribution in [1.29, 1.82) is 0 Å². The van der Waals surface area contributed by atoms with E-state index in [0.717, 1.165) is 19.3 Å². The van der Waals surface area contributed by atoms with E-state index in [9.17, 15) is 14.9 Å². The molecule has 1 fully saturated rings. The lowest BCUT2D eigenvalue weighted by Gasteiger charge is -2.17. The number of rotatable bonds is 4. The maximum Gasteiger partial charge on any atom is 0.271 e. The molecule has 108 valence electrons. The predicted molar refractivity (Wildman–Crippen MR) is 76.6 cm³/mol. The van der Waals surface area contributed by atoms with Crippen LogP contribution in [0.3, 0.4) is 0 Å². The normalized spacial score (nSPS) is 21.7. The Morgan fingerprint density at radius 3 is 2.90 bits per heavy atom. The zero-order valence-corrected chi connectivity index (χ0v) is 11.6. The first kappa shape index (κ1) is 14.7. The quantitative estimate of drug-likeness (QED) is 0.659. The van der Waals surface area contributed by atoms with Crippen LogP contribution in [-0.2, 0) is 4.79 Å². The molecular weight excluding hydrogens is 282 g/mol. The van der Waals surface area contributed by atoms with Crippen LogP contribution in [0, 0.1) is 22.0 Å². The number of nitro benzene ring substituents is 1. The molecule has 0 bridgehead atoms. The highest BCUT2D eigenvalue weighted by Gasteiger charge is 2.32. The van der Waals surface area contributed by atoms with Gasteiger partial charge in [0.15, 0.2) is 0 Å². The number of carbonyl (C=O) groups excluding carboxylic acids is 1. The minimum atomic E-state index is -0.524. The van der Waals surface area contributed by atoms with Gasteiger partial charge in [0.2, 0.25) is 5.91 Å². The van der Waals surface area contributed by atoms with Gasteiger partial charge >= 0.3 is 0 Å². The van der Waals surface area contributed by atoms with Crippen LogP contribution in [0.25, 0.3) is 0 Å². The Morgan fingerprint density at radius 2 is 2.25 bits per heavy atom. The monoisotopic (exact) mass is 297 g/mol. The van der Waals surface area contributed by atoms with Gasteiger partial charge in [0, 0.05) is 18.1 Å². The van der Waals surface area contributed by atoms with Crippen molar-refractivity contribution in [1.82, 2.24) is 0 Å². The summed E-state index contributed by atoms with van der Waals surface area (Å²) in [5, 5.41) is 13.7. The molecule has 0 saturated heterocycles. The van der Waals surface area contributed by atoms with E-state index in [2.05, 4.69) is 5.32 Å². The van der Waals surface area contributed by atoms with Crippen LogP contribution in [0.1, 0.15) is 19.3 Å². The van der Waals surface area contributed by atoms with Crippen LogP contribution in [0.5, 0.6) is 0 Å². The summed E-state index contributed by atoms with van der Waals surface area (Å²) in [5.74, 6) is -0.136. The molecule has 0 radical (unpaired) electrons. The molecule has 2 unspecified atom stereocenters. The van der Waals surface area contributed by atoms with Crippen LogP contribution in [-0.4, -0.2) is 17.4 Å². The second-order valence-corrected chi connectivity index (χ2v) is 5.35. The van der Waals surface area contributed by atoms with Crippen molar-refractivity contribution < 1.29 is 9.72 Å². The van der Waals surface area contributed by atoms with Crippen molar-refractivity contribution in [3.8, 4) is 0 Å². The highest BCUT2D eigenvalue weighted by molar-refractivity contribution is 6.33. The Balaban J connectivity index is 2.15. The predicted octanol–water partition coefficient (Wildman–Crippen LogP) is 2.56. The zero-order valence-electron chi connectivity index (χ0n) is 10.8. The molecule has 0 spiro atoms. The van der Waals surface area contributed by atoms with Crippen molar-refractivity contribution in [3.05, 3.63) is 33.3 Å². The molecular formula is C13H16ClN3O3. The van der Waals surface area contributed by atoms with Crippen molar-refractivity contribution in [2.75, 3.05) is 11.9 Å². The highest BCUT2D eigenvalue weighted by atomic mass is 35.5. The summed E-state index contributed by atoms with van der Waals surface area (Å²) in [5.41, 5.74) is 5.82. The first-order valence-corrected chi connectivity index (χ1v) is 6.85. The summed E-state index contributed by atoms with van der Waals surface area (Å²) in [6, 6.07) is 3.98. The number of nitrogens with zero attached hydrogens (tertiary/aromatic N) is 1. The van der Waals surface area contributed by atoms with Gasteiger partial charge in [0.1, 0.15) is 0 Å². The maximum atomic E-state index is 12.2. The number of nitrogens with two attached hydrogens (primary N) is 1. The molecule has 0 aromatic heterocycles. The lowest BCUT2D eigenvalue weighted by Crippen LogP contribution is -2.29. The van der Waals surface area contributed by atoms with Gasteiger partial charge < -0.3 is 11.1 Å². The molecule has 2 atom stereocenters. The number of hydrogen-bond donors (Lipinski definition) is 2. The van der Waals surface area contributed by atoms with E-state index in [-0.39, 0.29) is 34.1 Å². The minimum absolute atomic E-state index is 0.105. The van der Waals surface area contributed by atoms with E-state index in [1.165, 1.54) is 18.2 Å². The Hall–Kier alpha value is -1.66. The summed E-state index contributed by atoms with van der Waals surface area (Å²) in [6.45, 7) is 0.473. The van der Waals surface area contributed by atoms with Gasteiger partial charge in [-0.3, -0.25) is 14.9 Å². The Kier molecular flexibility index (Phi) is 4.57. The number of hydrogen-bond acceptors (Lipinski definition) is 4. The molecule has 0 aliphatic heterocycles. The fourth-order valence-corrected chi connectivity index (χ4v) is 2.78. The molecule has 1 aromatic rings. The molecule has 6 nitrogen and oxygen atoms in total. The zero-order chi connectivity index (χ0) is 14.7. The number of amides is 1. The SMILES string of the molecule is NCC1CCCC1C(=O)Nc1cc([N+](=O)[O-])ccc1Cl. The fraction of sp³-hybridized carbons (Fsp3) is 0.462. The van der Waals surface area contributed by atoms with Crippen molar-refractivity contribution >= 4 is 28.9 Å². The summed E-state index contributed by atoms with van der Waals surface area (Å²) in [6.07, 6.45) is 2.71. The lowest BCUT2D eigenvalue weighted by atomic mass is 9.95. The highest BCUT2D eigenvalue weighted by Crippen LogP contribution is 2.33. The molecule has 1 aromatic carbocycles. The standard InChI is InChI=1S/C13H16ClN3O3/c14-11-5-4-9(17(19)20)6-12(11)16-13(18)10-3-1-2-8(10)7-15/h4-6,8,10H,1-3,7,15H2,(H,16,18). The second kappa shape index (κ2) is 6.19. The van der Waals surface area contributed by atoms with Gasteiger partial charge in [-0.1, -0.05) is 18.0 Å². The number of halogens is 1. The van der Waals surface area contributed by atoms with E-state index in [1.807, 2.05) is 0 Å². The van der Waals surface area contributed by atoms with Crippen LogP contribution >= 0.6 is 11.6 Å². The lowest BCUT2D eigenvalue weighted by molar-refractivity contribution is -0.384. The first-order valence-electron chi connectivity index (χ1n) is 6.47. The van der Waals surface area contributed by atoms with Crippen LogP contribution in [0.4, 0.5) is 11.4 Å². The second-order valence-electron chi connectivity index (χ2n) is 4.94. The van der Waals surface area contributed by atoms with Crippen molar-refractivity contribution in [3.63, 3.8) is 0 Å². The third kappa shape index (κ3) is 3.08. The average Bonchev–Trinajstić information content (AvgIpc) is 2.89. The summed E-state index contributed by atoms with van der Waals surface area (Å²) in [4.78, 5) is 22.4. The molecule has 3 N–H and O–H groups in total. The third-order valence-corrected chi connectivity index (χ3v) is 4.05. The fourth-order valence-electron chi connectivity index (χ4n) is 2.61. The minimum Gasteiger partial charge on any atom is -0.330 e. The van der Waals surface area contributed by atoms with Gasteiger partial charge in [-0.25, -0.2) is 0 Å². The van der Waals surface area contributed by atoms with Crippen molar-refractivity contribution in [2.45, 2.75) is 19.3 Å². The summed E-state index contributed by atoms with van der Waals surface area (Å²) in [7, 11) is 0. The van der Waals surface area contributed by atoms with Crippen molar-refractivity contribution in [2.24, 2.45) is 17.6 Å². The number of nitro groups is 1. The Morgan fingerprint density at radius 1 is 1.50 bits per heavy atom. The van der Waals surface area contributed by atoms with Crippen LogP contribution in [0.2, 0.25) is 5.02 Å². The average molecular weight is 298 g/mol. The number of carbonyl (C=O) groups is 1. The van der Waals surface area contributed by atoms with E-state index < -0.39 is 4.92 Å². The van der Waals surface area contributed by atoms with Gasteiger partial charge in [0.05, 0.1) is 15.6 Å². The molecule has 0 heterocycles. The number of nitrogens with one attached hydrogen (secondary N) is 1. The maximum absolute atomic E-state index is 12.2. The van der Waals surface area contributed by atoms with Gasteiger partial charge in [-0.15, -0.1) is 0 Å². The summed E-state index contributed by atoms with van der Waals surface area (Å²) < 4.78 is 0. The molecule has 20 heavy (non-hydrogen) atoms. The molecule has 1 aliphatic rings. The Bertz CT molecular complexity index is 536. The van der Waals surface area contributed by atoms with Crippen LogP contribution < -0.4 is 11.1 Å². The topological polar surface area (TPSA) is 98.3 Å².